The average Bonchev–Trinajstić information content (AvgIpc) is 2.31. The highest BCUT2D eigenvalue weighted by atomic mass is 79.9. The lowest BCUT2D eigenvalue weighted by molar-refractivity contribution is 0.102. The molecule has 1 amide bonds. The van der Waals surface area contributed by atoms with Gasteiger partial charge >= 0.3 is 0 Å². The third-order valence-electron chi connectivity index (χ3n) is 2.09. The van der Waals surface area contributed by atoms with Gasteiger partial charge in [0, 0.05) is 14.5 Å². The first-order valence-corrected chi connectivity index (χ1v) is 6.52. The first-order chi connectivity index (χ1) is 8.54. The Morgan fingerprint density at radius 1 is 1.17 bits per heavy atom. The monoisotopic (exact) mass is 372 g/mol. The van der Waals surface area contributed by atoms with Crippen LogP contribution < -0.4 is 5.32 Å². The topological polar surface area (TPSA) is 42.0 Å². The van der Waals surface area contributed by atoms with Crippen LogP contribution in [0.3, 0.4) is 0 Å². The van der Waals surface area contributed by atoms with Crippen molar-refractivity contribution in [2.75, 3.05) is 5.32 Å². The molecule has 0 aliphatic heterocycles. The number of benzene rings is 1. The maximum absolute atomic E-state index is 12.7. The summed E-state index contributed by atoms with van der Waals surface area (Å²) in [5.74, 6) is -0.452. The summed E-state index contributed by atoms with van der Waals surface area (Å²) >= 11 is 6.60. The lowest BCUT2D eigenvalue weighted by Crippen LogP contribution is -2.12. The second-order valence-corrected chi connectivity index (χ2v) is 5.31. The summed E-state index contributed by atoms with van der Waals surface area (Å²) in [4.78, 5) is 15.7. The van der Waals surface area contributed by atoms with E-state index in [1.807, 2.05) is 6.07 Å². The molecule has 0 atom stereocenters. The summed E-state index contributed by atoms with van der Waals surface area (Å²) in [6, 6.07) is 7.83. The number of hydrogen-bond donors (Lipinski definition) is 1. The summed E-state index contributed by atoms with van der Waals surface area (Å²) in [6.07, 6.45) is 1.05. The van der Waals surface area contributed by atoms with E-state index in [1.165, 1.54) is 12.1 Å². The number of carbonyl (C=O) groups is 1. The molecule has 18 heavy (non-hydrogen) atoms. The zero-order valence-corrected chi connectivity index (χ0v) is 12.1. The van der Waals surface area contributed by atoms with Crippen molar-refractivity contribution in [2.45, 2.75) is 0 Å². The number of carbonyl (C=O) groups excluding carboxylic acids is 1. The fourth-order valence-electron chi connectivity index (χ4n) is 1.32. The van der Waals surface area contributed by atoms with Gasteiger partial charge in [-0.2, -0.15) is 0 Å². The average molecular weight is 374 g/mol. The van der Waals surface area contributed by atoms with E-state index in [2.05, 4.69) is 42.2 Å². The van der Waals surface area contributed by atoms with Crippen LogP contribution >= 0.6 is 31.9 Å². The summed E-state index contributed by atoms with van der Waals surface area (Å²) in [5, 5.41) is 2.58. The lowest BCUT2D eigenvalue weighted by atomic mass is 10.2. The highest BCUT2D eigenvalue weighted by molar-refractivity contribution is 9.11. The van der Waals surface area contributed by atoms with Gasteiger partial charge in [-0.25, -0.2) is 9.37 Å². The van der Waals surface area contributed by atoms with Crippen LogP contribution in [-0.2, 0) is 0 Å². The number of aromatic nitrogens is 1. The summed E-state index contributed by atoms with van der Waals surface area (Å²) in [5.41, 5.74) is 0.474. The van der Waals surface area contributed by atoms with Crippen LogP contribution in [0.5, 0.6) is 0 Å². The van der Waals surface area contributed by atoms with E-state index >= 15 is 0 Å². The van der Waals surface area contributed by atoms with Crippen LogP contribution in [0.1, 0.15) is 10.4 Å². The third-order valence-corrected chi connectivity index (χ3v) is 3.01. The number of nitrogens with one attached hydrogen (secondary N) is 1. The molecule has 1 N–H and O–H groups in total. The van der Waals surface area contributed by atoms with E-state index in [0.717, 1.165) is 15.1 Å². The van der Waals surface area contributed by atoms with Crippen LogP contribution in [0.4, 0.5) is 10.2 Å². The van der Waals surface area contributed by atoms with Crippen LogP contribution in [0.25, 0.3) is 0 Å². The van der Waals surface area contributed by atoms with Crippen molar-refractivity contribution >= 4 is 43.6 Å². The zero-order chi connectivity index (χ0) is 13.1. The highest BCUT2D eigenvalue weighted by Crippen LogP contribution is 2.20. The van der Waals surface area contributed by atoms with Crippen molar-refractivity contribution in [1.82, 2.24) is 4.98 Å². The van der Waals surface area contributed by atoms with Gasteiger partial charge in [-0.3, -0.25) is 4.79 Å². The first-order valence-electron chi connectivity index (χ1n) is 4.93. The van der Waals surface area contributed by atoms with Gasteiger partial charge in [0.05, 0.1) is 6.20 Å². The molecule has 0 saturated carbocycles. The predicted octanol–water partition coefficient (Wildman–Crippen LogP) is 4.00. The molecule has 0 aliphatic rings. The summed E-state index contributed by atoms with van der Waals surface area (Å²) in [7, 11) is 0. The molecule has 1 heterocycles. The van der Waals surface area contributed by atoms with Gasteiger partial charge < -0.3 is 5.32 Å². The van der Waals surface area contributed by atoms with E-state index in [9.17, 15) is 9.18 Å². The zero-order valence-electron chi connectivity index (χ0n) is 8.95. The molecular formula is C12H7Br2FN2O. The van der Waals surface area contributed by atoms with E-state index in [1.54, 1.807) is 12.1 Å². The largest absolute Gasteiger partial charge is 0.307 e. The molecule has 1 aromatic heterocycles. The van der Waals surface area contributed by atoms with Gasteiger partial charge in [-0.05, 0) is 30.3 Å². The Kier molecular flexibility index (Phi) is 4.08. The van der Waals surface area contributed by atoms with E-state index in [4.69, 9.17) is 0 Å². The second-order valence-electron chi connectivity index (χ2n) is 3.47. The minimum Gasteiger partial charge on any atom is -0.307 e. The molecule has 2 aromatic rings. The Bertz CT molecular complexity index is 567. The van der Waals surface area contributed by atoms with E-state index in [0.29, 0.717) is 11.4 Å². The number of hydrogen-bond acceptors (Lipinski definition) is 2. The molecule has 1 aromatic carbocycles. The first kappa shape index (κ1) is 13.2. The number of halogens is 3. The molecule has 0 spiro atoms. The number of amides is 1. The molecule has 0 fully saturated rings. The van der Waals surface area contributed by atoms with Crippen molar-refractivity contribution in [1.29, 1.82) is 0 Å². The van der Waals surface area contributed by atoms with Gasteiger partial charge in [0.15, 0.2) is 0 Å². The van der Waals surface area contributed by atoms with Gasteiger partial charge in [0.25, 0.3) is 5.91 Å². The molecule has 0 saturated heterocycles. The fraction of sp³-hybridized carbons (Fsp3) is 0. The van der Waals surface area contributed by atoms with E-state index in [-0.39, 0.29) is 5.91 Å². The van der Waals surface area contributed by atoms with Crippen molar-refractivity contribution < 1.29 is 9.18 Å². The van der Waals surface area contributed by atoms with Crippen LogP contribution in [-0.4, -0.2) is 10.9 Å². The van der Waals surface area contributed by atoms with Crippen LogP contribution in [0.15, 0.2) is 45.5 Å². The maximum atomic E-state index is 12.7. The van der Waals surface area contributed by atoms with Crippen molar-refractivity contribution in [3.63, 3.8) is 0 Å². The van der Waals surface area contributed by atoms with Gasteiger partial charge in [0.2, 0.25) is 0 Å². The third kappa shape index (κ3) is 3.36. The molecule has 3 nitrogen and oxygen atoms in total. The molecule has 2 rings (SSSR count). The normalized spacial score (nSPS) is 10.2. The molecular weight excluding hydrogens is 367 g/mol. The molecule has 0 radical (unpaired) electrons. The summed E-state index contributed by atoms with van der Waals surface area (Å²) < 4.78 is 14.2. The predicted molar refractivity (Wildman–Crippen MR) is 74.0 cm³/mol. The van der Waals surface area contributed by atoms with E-state index < -0.39 is 5.82 Å². The number of rotatable bonds is 2. The van der Waals surface area contributed by atoms with Crippen LogP contribution in [0, 0.1) is 5.82 Å². The minimum absolute atomic E-state index is 0.303. The van der Waals surface area contributed by atoms with Gasteiger partial charge in [-0.15, -0.1) is 0 Å². The Morgan fingerprint density at radius 3 is 2.39 bits per heavy atom. The summed E-state index contributed by atoms with van der Waals surface area (Å²) in [6.45, 7) is 0. The Labute approximate surface area is 120 Å². The minimum atomic E-state index is -0.446. The Balaban J connectivity index is 2.19. The standard InChI is InChI=1S/C12H7Br2FN2O/c13-8-3-7(4-9(14)5-8)12(18)17-11-2-1-10(15)6-16-11/h1-6H,(H,16,17,18). The number of nitrogens with zero attached hydrogens (tertiary/aromatic N) is 1. The quantitative estimate of drug-likeness (QED) is 0.864. The highest BCUT2D eigenvalue weighted by Gasteiger charge is 2.08. The molecule has 92 valence electrons. The number of pyridine rings is 1. The molecule has 6 heteroatoms. The second kappa shape index (κ2) is 5.58. The van der Waals surface area contributed by atoms with Crippen molar-refractivity contribution in [3.05, 3.63) is 56.9 Å². The van der Waals surface area contributed by atoms with Crippen LogP contribution in [0.2, 0.25) is 0 Å². The fourth-order valence-corrected chi connectivity index (χ4v) is 2.62. The smallest absolute Gasteiger partial charge is 0.256 e. The number of anilines is 1. The van der Waals surface area contributed by atoms with Crippen molar-refractivity contribution in [3.8, 4) is 0 Å². The van der Waals surface area contributed by atoms with Gasteiger partial charge in [-0.1, -0.05) is 31.9 Å². The lowest BCUT2D eigenvalue weighted by Gasteiger charge is -2.05. The Morgan fingerprint density at radius 2 is 1.83 bits per heavy atom. The SMILES string of the molecule is O=C(Nc1ccc(F)cn1)c1cc(Br)cc(Br)c1. The Hall–Kier alpha value is -1.27. The molecule has 0 bridgehead atoms. The maximum Gasteiger partial charge on any atom is 0.256 e. The molecule has 0 unspecified atom stereocenters. The van der Waals surface area contributed by atoms with Crippen molar-refractivity contribution in [2.24, 2.45) is 0 Å². The molecule has 0 aliphatic carbocycles. The van der Waals surface area contributed by atoms with Gasteiger partial charge in [0.1, 0.15) is 11.6 Å².